The fourth-order valence-corrected chi connectivity index (χ4v) is 3.89. The van der Waals surface area contributed by atoms with Crippen LogP contribution in [0.4, 0.5) is 4.79 Å². The molecule has 3 N–H and O–H groups in total. The zero-order valence-corrected chi connectivity index (χ0v) is 22.3. The van der Waals surface area contributed by atoms with Crippen molar-refractivity contribution in [3.8, 4) is 5.88 Å². The van der Waals surface area contributed by atoms with E-state index < -0.39 is 11.6 Å². The second-order valence-corrected chi connectivity index (χ2v) is 10.2. The van der Waals surface area contributed by atoms with Gasteiger partial charge in [0.05, 0.1) is 6.42 Å². The lowest BCUT2D eigenvalue weighted by atomic mass is 9.98. The minimum Gasteiger partial charge on any atom is -0.391 e. The van der Waals surface area contributed by atoms with Crippen molar-refractivity contribution in [1.29, 1.82) is 0 Å². The molecule has 1 aliphatic heterocycles. The lowest BCUT2D eigenvalue weighted by Crippen LogP contribution is -2.47. The van der Waals surface area contributed by atoms with E-state index in [0.717, 1.165) is 24.0 Å². The van der Waals surface area contributed by atoms with Gasteiger partial charge in [0.2, 0.25) is 11.8 Å². The largest absolute Gasteiger partial charge is 0.414 e. The van der Waals surface area contributed by atoms with E-state index in [1.54, 1.807) is 24.1 Å². The van der Waals surface area contributed by atoms with Crippen LogP contribution < -0.4 is 20.8 Å². The third-order valence-electron chi connectivity index (χ3n) is 5.95. The first-order chi connectivity index (χ1) is 17.5. The van der Waals surface area contributed by atoms with Crippen molar-refractivity contribution in [2.24, 2.45) is 0 Å². The number of rotatable bonds is 9. The molecule has 0 saturated heterocycles. The Kier molecular flexibility index (Phi) is 9.41. The number of pyridine rings is 1. The van der Waals surface area contributed by atoms with Gasteiger partial charge in [0, 0.05) is 42.5 Å². The highest BCUT2D eigenvalue weighted by molar-refractivity contribution is 5.99. The molecule has 1 aromatic heterocycles. The minimum atomic E-state index is -0.579. The van der Waals surface area contributed by atoms with Gasteiger partial charge >= 0.3 is 6.09 Å². The number of nitrogens with zero attached hydrogens (tertiary/aromatic N) is 2. The van der Waals surface area contributed by atoms with Crippen LogP contribution in [0.5, 0.6) is 5.88 Å². The van der Waals surface area contributed by atoms with Crippen LogP contribution in [0.3, 0.4) is 0 Å². The molecule has 2 heterocycles. The summed E-state index contributed by atoms with van der Waals surface area (Å²) in [4.78, 5) is 42.0. The van der Waals surface area contributed by atoms with Crippen molar-refractivity contribution in [2.45, 2.75) is 66.0 Å². The minimum absolute atomic E-state index is 0.0160. The molecule has 3 amide bonds. The number of aromatic nitrogens is 1. The molecule has 0 aliphatic carbocycles. The van der Waals surface area contributed by atoms with E-state index in [1.807, 2.05) is 45.9 Å². The summed E-state index contributed by atoms with van der Waals surface area (Å²) in [7, 11) is 0. The first kappa shape index (κ1) is 27.9. The van der Waals surface area contributed by atoms with Crippen molar-refractivity contribution in [2.75, 3.05) is 13.1 Å². The van der Waals surface area contributed by atoms with E-state index in [2.05, 4.69) is 33.2 Å². The molecule has 0 radical (unpaired) electrons. The molecule has 3 rings (SSSR count). The molecule has 0 spiro atoms. The van der Waals surface area contributed by atoms with E-state index >= 15 is 0 Å². The van der Waals surface area contributed by atoms with Crippen LogP contribution in [-0.2, 0) is 22.6 Å². The normalized spacial score (nSPS) is 14.0. The second kappa shape index (κ2) is 12.5. The molecule has 0 bridgehead atoms. The Labute approximate surface area is 218 Å². The smallest absolute Gasteiger partial charge is 0.391 e. The van der Waals surface area contributed by atoms with Crippen molar-refractivity contribution in [1.82, 2.24) is 26.1 Å². The standard InChI is InChI=1S/C28H37N5O4/c1-19-14-16-33(30-15-13-21-9-7-6-8-10-21)26(35)23(19)17-24(34)29-18-22-11-12-25(31-20(22)2)37-27(36)32-28(3,4)5/h6-12,30H,13-18H2,1-5H3,(H,29,34)(H,32,36). The van der Waals surface area contributed by atoms with E-state index in [9.17, 15) is 14.4 Å². The first-order valence-corrected chi connectivity index (χ1v) is 12.5. The molecule has 9 nitrogen and oxygen atoms in total. The molecule has 9 heteroatoms. The van der Waals surface area contributed by atoms with Gasteiger partial charge in [-0.2, -0.15) is 0 Å². The van der Waals surface area contributed by atoms with Crippen molar-refractivity contribution in [3.05, 3.63) is 70.4 Å². The summed E-state index contributed by atoms with van der Waals surface area (Å²) in [6, 6.07) is 13.4. The molecule has 2 aromatic rings. The number of aryl methyl sites for hydroxylation is 1. The van der Waals surface area contributed by atoms with Gasteiger partial charge in [0.25, 0.3) is 5.91 Å². The van der Waals surface area contributed by atoms with Crippen LogP contribution in [0.2, 0.25) is 0 Å². The lowest BCUT2D eigenvalue weighted by Gasteiger charge is -2.30. The number of amides is 3. The molecular formula is C28H37N5O4. The fourth-order valence-electron chi connectivity index (χ4n) is 3.89. The highest BCUT2D eigenvalue weighted by Crippen LogP contribution is 2.21. The number of carbonyl (C=O) groups excluding carboxylic acids is 3. The predicted molar refractivity (Wildman–Crippen MR) is 142 cm³/mol. The number of hydrogen-bond acceptors (Lipinski definition) is 6. The Hall–Kier alpha value is -3.72. The van der Waals surface area contributed by atoms with Gasteiger partial charge in [-0.15, -0.1) is 0 Å². The summed E-state index contributed by atoms with van der Waals surface area (Å²) in [5.41, 5.74) is 6.89. The van der Waals surface area contributed by atoms with Gasteiger partial charge in [-0.05, 0) is 58.6 Å². The number of carbonyl (C=O) groups is 3. The molecule has 198 valence electrons. The number of nitrogens with one attached hydrogen (secondary N) is 3. The van der Waals surface area contributed by atoms with Gasteiger partial charge in [-0.25, -0.2) is 15.2 Å². The average molecular weight is 508 g/mol. The molecule has 1 aromatic carbocycles. The van der Waals surface area contributed by atoms with Gasteiger partial charge < -0.3 is 15.4 Å². The van der Waals surface area contributed by atoms with Gasteiger partial charge in [-0.3, -0.25) is 14.6 Å². The van der Waals surface area contributed by atoms with Crippen LogP contribution in [0, 0.1) is 6.92 Å². The highest BCUT2D eigenvalue weighted by atomic mass is 16.6. The Balaban J connectivity index is 1.50. The van der Waals surface area contributed by atoms with Crippen LogP contribution in [0.25, 0.3) is 0 Å². The van der Waals surface area contributed by atoms with E-state index in [-0.39, 0.29) is 30.7 Å². The maximum atomic E-state index is 13.0. The van der Waals surface area contributed by atoms with Crippen LogP contribution in [-0.4, -0.2) is 46.5 Å². The first-order valence-electron chi connectivity index (χ1n) is 12.5. The zero-order chi connectivity index (χ0) is 27.0. The third kappa shape index (κ3) is 8.71. The SMILES string of the molecule is CC1=C(CC(=O)NCc2ccc(OC(=O)NC(C)(C)C)nc2C)C(=O)N(NCCc2ccccc2)CC1. The van der Waals surface area contributed by atoms with Crippen molar-refractivity contribution >= 4 is 17.9 Å². The van der Waals surface area contributed by atoms with Crippen LogP contribution in [0.1, 0.15) is 57.4 Å². The Morgan fingerprint density at radius 3 is 2.49 bits per heavy atom. The summed E-state index contributed by atoms with van der Waals surface area (Å²) in [5.74, 6) is -0.208. The predicted octanol–water partition coefficient (Wildman–Crippen LogP) is 3.58. The summed E-state index contributed by atoms with van der Waals surface area (Å²) in [6.45, 7) is 10.7. The molecule has 0 saturated carbocycles. The molecule has 37 heavy (non-hydrogen) atoms. The third-order valence-corrected chi connectivity index (χ3v) is 5.95. The zero-order valence-electron chi connectivity index (χ0n) is 22.3. The highest BCUT2D eigenvalue weighted by Gasteiger charge is 2.26. The molecule has 0 unspecified atom stereocenters. The maximum absolute atomic E-state index is 13.0. The Morgan fingerprint density at radius 2 is 1.81 bits per heavy atom. The van der Waals surface area contributed by atoms with Gasteiger partial charge in [0.1, 0.15) is 0 Å². The van der Waals surface area contributed by atoms with Gasteiger partial charge in [-0.1, -0.05) is 42.0 Å². The topological polar surface area (TPSA) is 113 Å². The maximum Gasteiger partial charge on any atom is 0.414 e. The summed E-state index contributed by atoms with van der Waals surface area (Å²) >= 11 is 0. The number of ether oxygens (including phenoxy) is 1. The summed E-state index contributed by atoms with van der Waals surface area (Å²) in [6.07, 6.45) is 0.967. The molecule has 1 aliphatic rings. The van der Waals surface area contributed by atoms with E-state index in [0.29, 0.717) is 24.4 Å². The Bertz CT molecular complexity index is 1150. The molecule has 0 atom stereocenters. The second-order valence-electron chi connectivity index (χ2n) is 10.2. The van der Waals surface area contributed by atoms with Crippen molar-refractivity contribution < 1.29 is 19.1 Å². The van der Waals surface area contributed by atoms with Crippen LogP contribution >= 0.6 is 0 Å². The average Bonchev–Trinajstić information content (AvgIpc) is 2.82. The van der Waals surface area contributed by atoms with E-state index in [1.165, 1.54) is 5.56 Å². The number of benzene rings is 1. The quantitative estimate of drug-likeness (QED) is 0.478. The summed E-state index contributed by atoms with van der Waals surface area (Å²) in [5, 5.41) is 7.20. The summed E-state index contributed by atoms with van der Waals surface area (Å²) < 4.78 is 5.24. The number of hydrogen-bond donors (Lipinski definition) is 3. The monoisotopic (exact) mass is 507 g/mol. The van der Waals surface area contributed by atoms with E-state index in [4.69, 9.17) is 4.74 Å². The Morgan fingerprint density at radius 1 is 1.08 bits per heavy atom. The molecule has 0 fully saturated rings. The number of hydrazine groups is 1. The lowest BCUT2D eigenvalue weighted by molar-refractivity contribution is -0.132. The van der Waals surface area contributed by atoms with Gasteiger partial charge in [0.15, 0.2) is 0 Å². The van der Waals surface area contributed by atoms with Crippen LogP contribution in [0.15, 0.2) is 53.6 Å². The van der Waals surface area contributed by atoms with Crippen molar-refractivity contribution in [3.63, 3.8) is 0 Å². The fraction of sp³-hybridized carbons (Fsp3) is 0.429. The molecular weight excluding hydrogens is 470 g/mol.